The summed E-state index contributed by atoms with van der Waals surface area (Å²) in [6.45, 7) is 0. The van der Waals surface area contributed by atoms with Gasteiger partial charge in [-0.2, -0.15) is 0 Å². The minimum Gasteiger partial charge on any atom is -0.354 e. The Morgan fingerprint density at radius 2 is 2.12 bits per heavy atom. The lowest BCUT2D eigenvalue weighted by atomic mass is 10.3. The van der Waals surface area contributed by atoms with Crippen molar-refractivity contribution in [3.8, 4) is 0 Å². The summed E-state index contributed by atoms with van der Waals surface area (Å²) in [5.74, 6) is 0.647. The number of rotatable bonds is 0. The van der Waals surface area contributed by atoms with E-state index in [1.165, 1.54) is 0 Å². The normalized spacial score (nSPS) is 35.4. The Hall–Kier alpha value is -0.0900. The number of quaternary nitrogens is 1. The Kier molecular flexibility index (Phi) is 1.28. The van der Waals surface area contributed by atoms with Gasteiger partial charge in [-0.1, -0.05) is 0 Å². The SMILES string of the molecule is [NH3+][C@H]1CCS(=O)(=O)C1. The fourth-order valence-corrected chi connectivity index (χ4v) is 2.62. The fourth-order valence-electron chi connectivity index (χ4n) is 0.872. The molecule has 0 bridgehead atoms. The van der Waals surface area contributed by atoms with Crippen LogP contribution < -0.4 is 5.73 Å². The average Bonchev–Trinajstić information content (AvgIpc) is 1.82. The van der Waals surface area contributed by atoms with Crippen LogP contribution in [0, 0.1) is 0 Å². The number of hydrogen-bond acceptors (Lipinski definition) is 2. The topological polar surface area (TPSA) is 61.8 Å². The molecule has 48 valence electrons. The molecule has 0 unspecified atom stereocenters. The second-order valence-electron chi connectivity index (χ2n) is 2.27. The maximum atomic E-state index is 10.6. The minimum absolute atomic E-state index is 0.153. The number of sulfone groups is 1. The molecule has 3 nitrogen and oxygen atoms in total. The number of hydrogen-bond donors (Lipinski definition) is 1. The van der Waals surface area contributed by atoms with Crippen LogP contribution in [0.15, 0.2) is 0 Å². The summed E-state index contributed by atoms with van der Waals surface area (Å²) in [6.07, 6.45) is 0.752. The summed E-state index contributed by atoms with van der Waals surface area (Å²) in [7, 11) is -2.66. The van der Waals surface area contributed by atoms with E-state index >= 15 is 0 Å². The van der Waals surface area contributed by atoms with Gasteiger partial charge in [0, 0.05) is 6.42 Å². The Morgan fingerprint density at radius 1 is 1.50 bits per heavy atom. The van der Waals surface area contributed by atoms with Crippen LogP contribution in [-0.2, 0) is 9.84 Å². The van der Waals surface area contributed by atoms with Crippen molar-refractivity contribution in [2.45, 2.75) is 12.5 Å². The molecule has 4 heteroatoms. The van der Waals surface area contributed by atoms with Crippen molar-refractivity contribution in [3.05, 3.63) is 0 Å². The van der Waals surface area contributed by atoms with Crippen LogP contribution in [0.4, 0.5) is 0 Å². The Bertz CT molecular complexity index is 172. The van der Waals surface area contributed by atoms with Gasteiger partial charge >= 0.3 is 0 Å². The van der Waals surface area contributed by atoms with E-state index in [9.17, 15) is 8.42 Å². The van der Waals surface area contributed by atoms with Gasteiger partial charge in [0.05, 0.1) is 11.8 Å². The molecule has 0 aliphatic carbocycles. The molecule has 1 aliphatic rings. The van der Waals surface area contributed by atoms with Gasteiger partial charge in [0.15, 0.2) is 9.84 Å². The van der Waals surface area contributed by atoms with Gasteiger partial charge in [-0.15, -0.1) is 0 Å². The fraction of sp³-hybridized carbons (Fsp3) is 1.00. The summed E-state index contributed by atoms with van der Waals surface area (Å²) in [6, 6.07) is 0.153. The summed E-state index contributed by atoms with van der Waals surface area (Å²) in [4.78, 5) is 0. The average molecular weight is 136 g/mol. The molecular formula is C4H10NO2S+. The van der Waals surface area contributed by atoms with Crippen molar-refractivity contribution in [1.82, 2.24) is 0 Å². The van der Waals surface area contributed by atoms with E-state index in [4.69, 9.17) is 0 Å². The monoisotopic (exact) mass is 136 g/mol. The van der Waals surface area contributed by atoms with Gasteiger partial charge < -0.3 is 5.73 Å². The van der Waals surface area contributed by atoms with E-state index in [0.717, 1.165) is 6.42 Å². The first kappa shape index (κ1) is 6.04. The van der Waals surface area contributed by atoms with E-state index < -0.39 is 9.84 Å². The second kappa shape index (κ2) is 1.70. The van der Waals surface area contributed by atoms with Gasteiger partial charge in [0.2, 0.25) is 0 Å². The first-order valence-electron chi connectivity index (χ1n) is 2.64. The molecule has 8 heavy (non-hydrogen) atoms. The van der Waals surface area contributed by atoms with Crippen molar-refractivity contribution in [2.24, 2.45) is 0 Å². The molecule has 0 radical (unpaired) electrons. The van der Waals surface area contributed by atoms with Crippen LogP contribution in [0.5, 0.6) is 0 Å². The van der Waals surface area contributed by atoms with Crippen LogP contribution >= 0.6 is 0 Å². The first-order chi connectivity index (χ1) is 3.60. The molecule has 3 N–H and O–H groups in total. The molecule has 0 saturated carbocycles. The van der Waals surface area contributed by atoms with Crippen LogP contribution in [0.3, 0.4) is 0 Å². The van der Waals surface area contributed by atoms with Crippen LogP contribution in [0.2, 0.25) is 0 Å². The lowest BCUT2D eigenvalue weighted by Gasteiger charge is -1.87. The molecule has 0 spiro atoms. The molecular weight excluding hydrogens is 126 g/mol. The lowest BCUT2D eigenvalue weighted by molar-refractivity contribution is -0.410. The van der Waals surface area contributed by atoms with Crippen molar-refractivity contribution in [1.29, 1.82) is 0 Å². The summed E-state index contributed by atoms with van der Waals surface area (Å²) < 4.78 is 21.2. The zero-order valence-electron chi connectivity index (χ0n) is 4.63. The van der Waals surface area contributed by atoms with E-state index in [1.54, 1.807) is 0 Å². The van der Waals surface area contributed by atoms with Crippen molar-refractivity contribution < 1.29 is 14.2 Å². The third-order valence-corrected chi connectivity index (χ3v) is 3.16. The second-order valence-corrected chi connectivity index (χ2v) is 4.50. The summed E-state index contributed by atoms with van der Waals surface area (Å²) in [5, 5.41) is 0. The van der Waals surface area contributed by atoms with Crippen LogP contribution in [0.25, 0.3) is 0 Å². The predicted molar refractivity (Wildman–Crippen MR) is 29.9 cm³/mol. The molecule has 0 aromatic carbocycles. The van der Waals surface area contributed by atoms with Gasteiger partial charge in [0.1, 0.15) is 5.75 Å². The largest absolute Gasteiger partial charge is 0.354 e. The lowest BCUT2D eigenvalue weighted by Crippen LogP contribution is -2.61. The zero-order valence-corrected chi connectivity index (χ0v) is 5.45. The van der Waals surface area contributed by atoms with Gasteiger partial charge in [-0.25, -0.2) is 8.42 Å². The quantitative estimate of drug-likeness (QED) is 0.436. The highest BCUT2D eigenvalue weighted by Crippen LogP contribution is 2.06. The van der Waals surface area contributed by atoms with Crippen molar-refractivity contribution in [2.75, 3.05) is 11.5 Å². The van der Waals surface area contributed by atoms with E-state index in [2.05, 4.69) is 5.73 Å². The molecule has 1 rings (SSSR count). The highest BCUT2D eigenvalue weighted by molar-refractivity contribution is 7.91. The van der Waals surface area contributed by atoms with Crippen LogP contribution in [0.1, 0.15) is 6.42 Å². The highest BCUT2D eigenvalue weighted by Gasteiger charge is 2.27. The first-order valence-corrected chi connectivity index (χ1v) is 4.46. The van der Waals surface area contributed by atoms with Gasteiger partial charge in [-0.05, 0) is 0 Å². The van der Waals surface area contributed by atoms with Crippen molar-refractivity contribution in [3.63, 3.8) is 0 Å². The Labute approximate surface area is 48.8 Å². The molecule has 1 fully saturated rings. The minimum atomic E-state index is -2.66. The maximum Gasteiger partial charge on any atom is 0.156 e. The Morgan fingerprint density at radius 3 is 2.25 bits per heavy atom. The molecule has 0 aromatic heterocycles. The van der Waals surface area contributed by atoms with E-state index in [1.807, 2.05) is 0 Å². The van der Waals surface area contributed by atoms with Crippen LogP contribution in [-0.4, -0.2) is 26.0 Å². The summed E-state index contributed by atoms with van der Waals surface area (Å²) in [5.41, 5.74) is 3.65. The van der Waals surface area contributed by atoms with Gasteiger partial charge in [0.25, 0.3) is 0 Å². The highest BCUT2D eigenvalue weighted by atomic mass is 32.2. The summed E-state index contributed by atoms with van der Waals surface area (Å²) >= 11 is 0. The standard InChI is InChI=1S/C4H9NO2S/c5-4-1-2-8(6,7)3-4/h4H,1-3,5H2/p+1/t4-/m0/s1. The molecule has 1 heterocycles. The predicted octanol–water partition coefficient (Wildman–Crippen LogP) is -1.58. The van der Waals surface area contributed by atoms with Crippen molar-refractivity contribution >= 4 is 9.84 Å². The molecule has 1 aliphatic heterocycles. The van der Waals surface area contributed by atoms with E-state index in [0.29, 0.717) is 11.5 Å². The maximum absolute atomic E-state index is 10.6. The Balaban J connectivity index is 2.71. The van der Waals surface area contributed by atoms with Gasteiger partial charge in [-0.3, -0.25) is 0 Å². The molecule has 1 atom stereocenters. The molecule has 1 saturated heterocycles. The molecule has 0 amide bonds. The van der Waals surface area contributed by atoms with E-state index in [-0.39, 0.29) is 6.04 Å². The molecule has 0 aromatic rings. The zero-order chi connectivity index (χ0) is 6.20. The smallest absolute Gasteiger partial charge is 0.156 e. The third-order valence-electron chi connectivity index (χ3n) is 1.33. The third kappa shape index (κ3) is 1.20.